The van der Waals surface area contributed by atoms with Gasteiger partial charge in [0.25, 0.3) is 5.91 Å². The van der Waals surface area contributed by atoms with Gasteiger partial charge in [0.05, 0.1) is 6.54 Å². The first-order valence-electron chi connectivity index (χ1n) is 7.92. The fraction of sp³-hybridized carbons (Fsp3) is 0.412. The number of benzene rings is 1. The highest BCUT2D eigenvalue weighted by atomic mass is 16.5. The summed E-state index contributed by atoms with van der Waals surface area (Å²) in [5.74, 6) is 0.221. The summed E-state index contributed by atoms with van der Waals surface area (Å²) in [5.41, 5.74) is 6.29. The van der Waals surface area contributed by atoms with Crippen molar-refractivity contribution in [2.45, 2.75) is 32.0 Å². The standard InChI is InChI=1S/C17H22N4O2/c18-17(22)13-23-16-6-1-4-14(10-16)11-20-8-2-5-15(20)12-21-9-3-7-19-21/h1,3-4,6-7,9-10,15H,2,5,8,11-13H2,(H2,18,22)/t15-/m0/s1. The largest absolute Gasteiger partial charge is 0.484 e. The second-order valence-electron chi connectivity index (χ2n) is 5.90. The number of nitrogens with two attached hydrogens (primary N) is 1. The van der Waals surface area contributed by atoms with E-state index in [4.69, 9.17) is 10.5 Å². The molecule has 1 aromatic heterocycles. The summed E-state index contributed by atoms with van der Waals surface area (Å²) in [4.78, 5) is 13.3. The Morgan fingerprint density at radius 3 is 3.09 bits per heavy atom. The van der Waals surface area contributed by atoms with E-state index in [1.165, 1.54) is 18.4 Å². The van der Waals surface area contributed by atoms with Crippen LogP contribution >= 0.6 is 0 Å². The second-order valence-corrected chi connectivity index (χ2v) is 5.90. The van der Waals surface area contributed by atoms with Crippen LogP contribution < -0.4 is 10.5 Å². The second kappa shape index (κ2) is 7.28. The SMILES string of the molecule is NC(=O)COc1cccc(CN2CCC[C@H]2Cn2cccn2)c1. The minimum absolute atomic E-state index is 0.0882. The lowest BCUT2D eigenvalue weighted by atomic mass is 10.1. The lowest BCUT2D eigenvalue weighted by Gasteiger charge is -2.24. The topological polar surface area (TPSA) is 73.4 Å². The lowest BCUT2D eigenvalue weighted by molar-refractivity contribution is -0.119. The molecule has 2 aromatic rings. The van der Waals surface area contributed by atoms with Crippen LogP contribution in [0.4, 0.5) is 0 Å². The first kappa shape index (κ1) is 15.6. The summed E-state index contributed by atoms with van der Waals surface area (Å²) in [7, 11) is 0. The Labute approximate surface area is 135 Å². The van der Waals surface area contributed by atoms with Gasteiger partial charge in [-0.25, -0.2) is 0 Å². The van der Waals surface area contributed by atoms with Crippen molar-refractivity contribution in [3.05, 3.63) is 48.3 Å². The third-order valence-corrected chi connectivity index (χ3v) is 4.12. The smallest absolute Gasteiger partial charge is 0.255 e. The van der Waals surface area contributed by atoms with Gasteiger partial charge in [0.1, 0.15) is 5.75 Å². The maximum Gasteiger partial charge on any atom is 0.255 e. The molecular weight excluding hydrogens is 292 g/mol. The maximum absolute atomic E-state index is 10.8. The van der Waals surface area contributed by atoms with Gasteiger partial charge < -0.3 is 10.5 Å². The minimum Gasteiger partial charge on any atom is -0.484 e. The number of primary amides is 1. The average molecular weight is 314 g/mol. The summed E-state index contributed by atoms with van der Waals surface area (Å²) >= 11 is 0. The van der Waals surface area contributed by atoms with Crippen molar-refractivity contribution in [2.75, 3.05) is 13.2 Å². The first-order valence-corrected chi connectivity index (χ1v) is 7.92. The fourth-order valence-electron chi connectivity index (χ4n) is 3.06. The van der Waals surface area contributed by atoms with Crippen LogP contribution in [0.1, 0.15) is 18.4 Å². The van der Waals surface area contributed by atoms with Gasteiger partial charge in [-0.3, -0.25) is 14.4 Å². The van der Waals surface area contributed by atoms with Crippen LogP contribution in [0.3, 0.4) is 0 Å². The van der Waals surface area contributed by atoms with Gasteiger partial charge in [-0.15, -0.1) is 0 Å². The van der Waals surface area contributed by atoms with E-state index >= 15 is 0 Å². The molecule has 0 saturated carbocycles. The average Bonchev–Trinajstić information content (AvgIpc) is 3.19. The number of carbonyl (C=O) groups is 1. The van der Waals surface area contributed by atoms with E-state index in [2.05, 4.69) is 16.1 Å². The van der Waals surface area contributed by atoms with Crippen LogP contribution in [0, 0.1) is 0 Å². The van der Waals surface area contributed by atoms with E-state index in [-0.39, 0.29) is 6.61 Å². The molecule has 1 amide bonds. The molecule has 0 unspecified atom stereocenters. The van der Waals surface area contributed by atoms with Gasteiger partial charge in [-0.2, -0.15) is 5.10 Å². The Kier molecular flexibility index (Phi) is 4.92. The molecule has 6 nitrogen and oxygen atoms in total. The van der Waals surface area contributed by atoms with E-state index in [0.717, 1.165) is 19.6 Å². The molecule has 0 radical (unpaired) electrons. The normalized spacial score (nSPS) is 18.2. The minimum atomic E-state index is -0.464. The van der Waals surface area contributed by atoms with Crippen molar-refractivity contribution < 1.29 is 9.53 Å². The van der Waals surface area contributed by atoms with Crippen LogP contribution in [0.2, 0.25) is 0 Å². The van der Waals surface area contributed by atoms with Crippen LogP contribution in [-0.4, -0.2) is 39.8 Å². The van der Waals surface area contributed by atoms with Gasteiger partial charge in [0.15, 0.2) is 6.61 Å². The van der Waals surface area contributed by atoms with Gasteiger partial charge in [0, 0.05) is 25.0 Å². The van der Waals surface area contributed by atoms with Crippen molar-refractivity contribution in [3.8, 4) is 5.75 Å². The lowest BCUT2D eigenvalue weighted by Crippen LogP contribution is -2.32. The van der Waals surface area contributed by atoms with Gasteiger partial charge in [0.2, 0.25) is 0 Å². The van der Waals surface area contributed by atoms with Crippen LogP contribution in [0.15, 0.2) is 42.7 Å². The number of hydrogen-bond donors (Lipinski definition) is 1. The van der Waals surface area contributed by atoms with Gasteiger partial charge in [-0.1, -0.05) is 12.1 Å². The molecule has 1 fully saturated rings. The molecule has 1 aromatic carbocycles. The van der Waals surface area contributed by atoms with E-state index < -0.39 is 5.91 Å². The zero-order valence-electron chi connectivity index (χ0n) is 13.1. The Bertz CT molecular complexity index is 642. The molecule has 0 aliphatic carbocycles. The molecule has 122 valence electrons. The van der Waals surface area contributed by atoms with Gasteiger partial charge >= 0.3 is 0 Å². The third-order valence-electron chi connectivity index (χ3n) is 4.12. The highest BCUT2D eigenvalue weighted by Gasteiger charge is 2.24. The predicted octanol–water partition coefficient (Wildman–Crippen LogP) is 1.41. The number of rotatable bonds is 7. The quantitative estimate of drug-likeness (QED) is 0.838. The zero-order chi connectivity index (χ0) is 16.1. The molecule has 2 heterocycles. The number of aromatic nitrogens is 2. The van der Waals surface area contributed by atoms with E-state index in [9.17, 15) is 4.79 Å². The molecule has 2 N–H and O–H groups in total. The number of hydrogen-bond acceptors (Lipinski definition) is 4. The molecule has 1 aliphatic heterocycles. The molecular formula is C17H22N4O2. The number of ether oxygens (including phenoxy) is 1. The Morgan fingerprint density at radius 2 is 2.30 bits per heavy atom. The highest BCUT2D eigenvalue weighted by Crippen LogP contribution is 2.23. The molecule has 0 spiro atoms. The number of amides is 1. The van der Waals surface area contributed by atoms with Gasteiger partial charge in [-0.05, 0) is 43.1 Å². The van der Waals surface area contributed by atoms with Crippen molar-refractivity contribution in [1.82, 2.24) is 14.7 Å². The van der Waals surface area contributed by atoms with E-state index in [1.807, 2.05) is 41.3 Å². The molecule has 1 atom stereocenters. The summed E-state index contributed by atoms with van der Waals surface area (Å²) in [6, 6.07) is 10.3. The predicted molar refractivity (Wildman–Crippen MR) is 86.8 cm³/mol. The van der Waals surface area contributed by atoms with Crippen molar-refractivity contribution in [1.29, 1.82) is 0 Å². The van der Waals surface area contributed by atoms with Crippen molar-refractivity contribution in [2.24, 2.45) is 5.73 Å². The Balaban J connectivity index is 1.61. The summed E-state index contributed by atoms with van der Waals surface area (Å²) in [5, 5.41) is 4.30. The van der Waals surface area contributed by atoms with E-state index in [1.54, 1.807) is 0 Å². The summed E-state index contributed by atoms with van der Waals surface area (Å²) in [6.45, 7) is 2.80. The third kappa shape index (κ3) is 4.32. The summed E-state index contributed by atoms with van der Waals surface area (Å²) in [6.07, 6.45) is 6.23. The first-order chi connectivity index (χ1) is 11.2. The maximum atomic E-state index is 10.8. The molecule has 23 heavy (non-hydrogen) atoms. The number of likely N-dealkylation sites (tertiary alicyclic amines) is 1. The Hall–Kier alpha value is -2.34. The molecule has 1 aliphatic rings. The molecule has 0 bridgehead atoms. The highest BCUT2D eigenvalue weighted by molar-refractivity contribution is 5.75. The number of carbonyl (C=O) groups excluding carboxylic acids is 1. The van der Waals surface area contributed by atoms with Crippen LogP contribution in [0.25, 0.3) is 0 Å². The number of nitrogens with zero attached hydrogens (tertiary/aromatic N) is 3. The molecule has 1 saturated heterocycles. The fourth-order valence-corrected chi connectivity index (χ4v) is 3.06. The summed E-state index contributed by atoms with van der Waals surface area (Å²) < 4.78 is 7.37. The van der Waals surface area contributed by atoms with Crippen LogP contribution in [0.5, 0.6) is 5.75 Å². The Morgan fingerprint density at radius 1 is 1.39 bits per heavy atom. The molecule has 6 heteroatoms. The van der Waals surface area contributed by atoms with Crippen molar-refractivity contribution in [3.63, 3.8) is 0 Å². The van der Waals surface area contributed by atoms with E-state index in [0.29, 0.717) is 11.8 Å². The molecule has 3 rings (SSSR count). The van der Waals surface area contributed by atoms with Crippen LogP contribution in [-0.2, 0) is 17.9 Å². The monoisotopic (exact) mass is 314 g/mol. The zero-order valence-corrected chi connectivity index (χ0v) is 13.1. The van der Waals surface area contributed by atoms with Crippen molar-refractivity contribution >= 4 is 5.91 Å².